The maximum Gasteiger partial charge on any atom is 0.254 e. The molecule has 0 heterocycles. The smallest absolute Gasteiger partial charge is 0.254 e. The van der Waals surface area contributed by atoms with E-state index < -0.39 is 23.7 Å². The average Bonchev–Trinajstić information content (AvgIpc) is 3.36. The molecule has 1 aromatic carbocycles. The van der Waals surface area contributed by atoms with Gasteiger partial charge < -0.3 is 10.6 Å². The second kappa shape index (κ2) is 5.04. The van der Waals surface area contributed by atoms with Gasteiger partial charge >= 0.3 is 0 Å². The van der Waals surface area contributed by atoms with Crippen molar-refractivity contribution in [1.29, 1.82) is 0 Å². The molecule has 2 atom stereocenters. The van der Waals surface area contributed by atoms with Crippen LogP contribution in [0.5, 0.6) is 0 Å². The first kappa shape index (κ1) is 14.9. The first-order chi connectivity index (χ1) is 10.3. The highest BCUT2D eigenvalue weighted by molar-refractivity contribution is 5.97. The predicted octanol–water partition coefficient (Wildman–Crippen LogP) is 2.03. The number of halogens is 2. The molecule has 2 aliphatic rings. The highest BCUT2D eigenvalue weighted by atomic mass is 19.1. The second-order valence-corrected chi connectivity index (χ2v) is 6.25. The lowest BCUT2D eigenvalue weighted by Crippen LogP contribution is -2.35. The number of amides is 2. The molecule has 0 bridgehead atoms. The van der Waals surface area contributed by atoms with E-state index in [0.29, 0.717) is 36.0 Å². The van der Waals surface area contributed by atoms with Gasteiger partial charge in [0.05, 0.1) is 6.54 Å². The van der Waals surface area contributed by atoms with Crippen LogP contribution in [0.15, 0.2) is 18.2 Å². The van der Waals surface area contributed by atoms with Gasteiger partial charge in [0.15, 0.2) is 0 Å². The number of carbonyl (C=O) groups is 2. The number of carbonyl (C=O) groups excluding carboxylic acids is 2. The topological polar surface area (TPSA) is 63.4 Å². The molecule has 0 spiro atoms. The van der Waals surface area contributed by atoms with Gasteiger partial charge in [-0.3, -0.25) is 9.59 Å². The number of rotatable bonds is 5. The summed E-state index contributed by atoms with van der Waals surface area (Å²) in [6.45, 7) is -0.212. The van der Waals surface area contributed by atoms with Gasteiger partial charge in [0.1, 0.15) is 11.8 Å². The highest BCUT2D eigenvalue weighted by Crippen LogP contribution is 2.52. The van der Waals surface area contributed by atoms with E-state index in [1.807, 2.05) is 0 Å². The lowest BCUT2D eigenvalue weighted by atomic mass is 9.96. The normalized spacial score (nSPS) is 24.7. The van der Waals surface area contributed by atoms with E-state index in [2.05, 4.69) is 0 Å². The highest BCUT2D eigenvalue weighted by Gasteiger charge is 2.47. The van der Waals surface area contributed by atoms with Crippen molar-refractivity contribution in [2.75, 3.05) is 13.6 Å². The molecule has 6 heteroatoms. The summed E-state index contributed by atoms with van der Waals surface area (Å²) < 4.78 is 27.7. The van der Waals surface area contributed by atoms with Crippen LogP contribution in [0.25, 0.3) is 0 Å². The summed E-state index contributed by atoms with van der Waals surface area (Å²) in [6, 6.07) is 4.73. The summed E-state index contributed by atoms with van der Waals surface area (Å²) in [5.41, 5.74) is 5.13. The van der Waals surface area contributed by atoms with Gasteiger partial charge in [-0.25, -0.2) is 8.78 Å². The third-order valence-electron chi connectivity index (χ3n) is 4.34. The van der Waals surface area contributed by atoms with E-state index in [0.717, 1.165) is 0 Å². The van der Waals surface area contributed by atoms with E-state index in [1.54, 1.807) is 12.1 Å². The SMILES string of the molecule is CN(CC(N)=O)C(=O)c1ccc(C2(F)CC2)cc1C1CC1F. The van der Waals surface area contributed by atoms with Gasteiger partial charge in [0.2, 0.25) is 5.91 Å². The minimum Gasteiger partial charge on any atom is -0.368 e. The summed E-state index contributed by atoms with van der Waals surface area (Å²) in [5, 5.41) is 0. The molecule has 2 saturated carbocycles. The van der Waals surface area contributed by atoms with Gasteiger partial charge in [0.25, 0.3) is 5.91 Å². The third kappa shape index (κ3) is 2.69. The van der Waals surface area contributed by atoms with Gasteiger partial charge in [0, 0.05) is 18.5 Å². The fourth-order valence-corrected chi connectivity index (χ4v) is 2.74. The van der Waals surface area contributed by atoms with E-state index in [9.17, 15) is 18.4 Å². The zero-order valence-corrected chi connectivity index (χ0v) is 12.3. The summed E-state index contributed by atoms with van der Waals surface area (Å²) in [5.74, 6) is -1.38. The molecule has 0 aromatic heterocycles. The Kier molecular flexibility index (Phi) is 3.42. The van der Waals surface area contributed by atoms with Gasteiger partial charge in [-0.1, -0.05) is 12.1 Å². The number of hydrogen-bond donors (Lipinski definition) is 1. The molecule has 2 unspecified atom stereocenters. The number of alkyl halides is 2. The lowest BCUT2D eigenvalue weighted by Gasteiger charge is -2.18. The Labute approximate surface area is 127 Å². The largest absolute Gasteiger partial charge is 0.368 e. The van der Waals surface area contributed by atoms with E-state index >= 15 is 0 Å². The molecular weight excluding hydrogens is 290 g/mol. The molecule has 2 aliphatic carbocycles. The summed E-state index contributed by atoms with van der Waals surface area (Å²) in [7, 11) is 1.46. The summed E-state index contributed by atoms with van der Waals surface area (Å²) in [4.78, 5) is 24.6. The van der Waals surface area contributed by atoms with Crippen molar-refractivity contribution in [2.45, 2.75) is 37.0 Å². The molecule has 0 aliphatic heterocycles. The summed E-state index contributed by atoms with van der Waals surface area (Å²) in [6.07, 6.45) is 0.288. The third-order valence-corrected chi connectivity index (χ3v) is 4.34. The van der Waals surface area contributed by atoms with Gasteiger partial charge in [-0.15, -0.1) is 0 Å². The lowest BCUT2D eigenvalue weighted by molar-refractivity contribution is -0.118. The fraction of sp³-hybridized carbons (Fsp3) is 0.500. The Morgan fingerprint density at radius 3 is 2.55 bits per heavy atom. The predicted molar refractivity (Wildman–Crippen MR) is 76.9 cm³/mol. The Balaban J connectivity index is 1.93. The van der Waals surface area contributed by atoms with Crippen LogP contribution < -0.4 is 5.73 Å². The van der Waals surface area contributed by atoms with E-state index in [-0.39, 0.29) is 12.5 Å². The molecule has 4 nitrogen and oxygen atoms in total. The molecular formula is C16H18F2N2O2. The number of nitrogens with zero attached hydrogens (tertiary/aromatic N) is 1. The van der Waals surface area contributed by atoms with Crippen molar-refractivity contribution in [1.82, 2.24) is 4.90 Å². The van der Waals surface area contributed by atoms with Crippen LogP contribution in [0.1, 0.15) is 46.7 Å². The van der Waals surface area contributed by atoms with Crippen LogP contribution >= 0.6 is 0 Å². The van der Waals surface area contributed by atoms with Crippen LogP contribution in [0, 0.1) is 0 Å². The number of benzene rings is 1. The van der Waals surface area contributed by atoms with E-state index in [1.165, 1.54) is 18.0 Å². The standard InChI is InChI=1S/C16H18F2N2O2/c1-20(8-14(19)21)15(22)10-3-2-9(16(18)4-5-16)6-11(10)12-7-13(12)17/h2-3,6,12-13H,4-5,7-8H2,1H3,(H2,19,21). The number of hydrogen-bond acceptors (Lipinski definition) is 2. The van der Waals surface area contributed by atoms with Crippen LogP contribution in [-0.4, -0.2) is 36.5 Å². The molecule has 118 valence electrons. The molecule has 1 aromatic rings. The number of likely N-dealkylation sites (N-methyl/N-ethyl adjacent to an activating group) is 1. The molecule has 22 heavy (non-hydrogen) atoms. The van der Waals surface area contributed by atoms with Gasteiger partial charge in [-0.2, -0.15) is 0 Å². The molecule has 2 N–H and O–H groups in total. The molecule has 0 saturated heterocycles. The van der Waals surface area contributed by atoms with Crippen molar-refractivity contribution in [3.63, 3.8) is 0 Å². The van der Waals surface area contributed by atoms with Crippen molar-refractivity contribution in [3.05, 3.63) is 34.9 Å². The zero-order valence-electron chi connectivity index (χ0n) is 12.3. The maximum atomic E-state index is 14.2. The van der Waals surface area contributed by atoms with Crippen LogP contribution in [0.3, 0.4) is 0 Å². The van der Waals surface area contributed by atoms with Crippen molar-refractivity contribution in [2.24, 2.45) is 5.73 Å². The quantitative estimate of drug-likeness (QED) is 0.904. The zero-order chi connectivity index (χ0) is 16.1. The average molecular weight is 308 g/mol. The summed E-state index contributed by atoms with van der Waals surface area (Å²) >= 11 is 0. The molecule has 2 amide bonds. The van der Waals surface area contributed by atoms with Crippen molar-refractivity contribution >= 4 is 11.8 Å². The fourth-order valence-electron chi connectivity index (χ4n) is 2.74. The Morgan fingerprint density at radius 2 is 2.05 bits per heavy atom. The Bertz CT molecular complexity index is 643. The minimum atomic E-state index is -1.32. The van der Waals surface area contributed by atoms with Crippen molar-refractivity contribution in [3.8, 4) is 0 Å². The monoisotopic (exact) mass is 308 g/mol. The molecule has 3 rings (SSSR count). The van der Waals surface area contributed by atoms with Gasteiger partial charge in [-0.05, 0) is 36.5 Å². The molecule has 0 radical (unpaired) electrons. The maximum absolute atomic E-state index is 14.2. The Morgan fingerprint density at radius 1 is 1.41 bits per heavy atom. The first-order valence-corrected chi connectivity index (χ1v) is 7.33. The van der Waals surface area contributed by atoms with Crippen LogP contribution in [-0.2, 0) is 10.5 Å². The minimum absolute atomic E-state index is 0.212. The second-order valence-electron chi connectivity index (χ2n) is 6.25. The van der Waals surface area contributed by atoms with Crippen molar-refractivity contribution < 1.29 is 18.4 Å². The van der Waals surface area contributed by atoms with E-state index in [4.69, 9.17) is 5.73 Å². The first-order valence-electron chi connectivity index (χ1n) is 7.33. The Hall–Kier alpha value is -1.98. The number of nitrogens with two attached hydrogens (primary N) is 1. The molecule has 2 fully saturated rings. The van der Waals surface area contributed by atoms with Crippen LogP contribution in [0.4, 0.5) is 8.78 Å². The van der Waals surface area contributed by atoms with Crippen LogP contribution in [0.2, 0.25) is 0 Å². The number of primary amides is 1.